The lowest BCUT2D eigenvalue weighted by Crippen LogP contribution is -2.56. The fourth-order valence-electron chi connectivity index (χ4n) is 3.14. The number of piperazine rings is 1. The Hall–Kier alpha value is -0.660. The Morgan fingerprint density at radius 2 is 1.83 bits per heavy atom. The van der Waals surface area contributed by atoms with Crippen LogP contribution >= 0.6 is 23.1 Å². The van der Waals surface area contributed by atoms with Crippen LogP contribution in [0.5, 0.6) is 0 Å². The van der Waals surface area contributed by atoms with Crippen molar-refractivity contribution in [2.24, 2.45) is 0 Å². The Bertz CT molecular complexity index is 919. The number of thioether (sulfide) groups is 1. The van der Waals surface area contributed by atoms with E-state index in [1.165, 1.54) is 22.6 Å². The van der Waals surface area contributed by atoms with Crippen LogP contribution in [-0.4, -0.2) is 81.9 Å². The van der Waals surface area contributed by atoms with Crippen molar-refractivity contribution in [3.8, 4) is 0 Å². The van der Waals surface area contributed by atoms with E-state index in [0.29, 0.717) is 17.1 Å². The summed E-state index contributed by atoms with van der Waals surface area (Å²) in [5, 5.41) is 0. The van der Waals surface area contributed by atoms with Crippen molar-refractivity contribution >= 4 is 49.1 Å². The maximum atomic E-state index is 12.9. The molecule has 1 saturated heterocycles. The van der Waals surface area contributed by atoms with Gasteiger partial charge < -0.3 is 4.90 Å². The van der Waals surface area contributed by atoms with Crippen LogP contribution in [0.1, 0.15) is 23.1 Å². The van der Waals surface area contributed by atoms with E-state index in [4.69, 9.17) is 0 Å². The predicted molar refractivity (Wildman–Crippen MR) is 119 cm³/mol. The summed E-state index contributed by atoms with van der Waals surface area (Å²) in [4.78, 5) is 16.5. The van der Waals surface area contributed by atoms with Crippen molar-refractivity contribution in [1.29, 1.82) is 0 Å². The number of hydrogen-bond acceptors (Lipinski definition) is 7. The first kappa shape index (κ1) is 24.6. The molecule has 1 amide bonds. The molecule has 1 unspecified atom stereocenters. The Kier molecular flexibility index (Phi) is 8.57. The number of nitrogens with zero attached hydrogens (tertiary/aromatic N) is 2. The summed E-state index contributed by atoms with van der Waals surface area (Å²) in [5.41, 5.74) is 0. The highest BCUT2D eigenvalue weighted by Gasteiger charge is 2.34. The molecular weight excluding hydrogens is 454 g/mol. The lowest BCUT2D eigenvalue weighted by atomic mass is 10.2. The monoisotopic (exact) mass is 483 g/mol. The van der Waals surface area contributed by atoms with E-state index in [9.17, 15) is 21.6 Å². The molecule has 0 saturated carbocycles. The van der Waals surface area contributed by atoms with Crippen molar-refractivity contribution in [3.05, 3.63) is 15.8 Å². The highest BCUT2D eigenvalue weighted by Crippen LogP contribution is 2.28. The van der Waals surface area contributed by atoms with Crippen molar-refractivity contribution in [1.82, 2.24) is 13.9 Å². The molecule has 0 aliphatic carbocycles. The van der Waals surface area contributed by atoms with Gasteiger partial charge in [-0.05, 0) is 45.3 Å². The van der Waals surface area contributed by atoms with Crippen LogP contribution in [0.3, 0.4) is 0 Å². The number of rotatable bonds is 9. The number of hydrogen-bond donors (Lipinski definition) is 1. The molecule has 0 aromatic carbocycles. The fraction of sp³-hybridized carbons (Fsp3) is 0.706. The summed E-state index contributed by atoms with van der Waals surface area (Å²) in [6.07, 6.45) is 2.29. The van der Waals surface area contributed by atoms with E-state index in [1.54, 1.807) is 29.7 Å². The Labute approximate surface area is 182 Å². The molecule has 0 bridgehead atoms. The molecular formula is C17H29N3O5S4. The lowest BCUT2D eigenvalue weighted by molar-refractivity contribution is -0.134. The van der Waals surface area contributed by atoms with Gasteiger partial charge in [0.05, 0.1) is 10.6 Å². The van der Waals surface area contributed by atoms with Gasteiger partial charge in [-0.2, -0.15) is 16.1 Å². The maximum absolute atomic E-state index is 12.9. The summed E-state index contributed by atoms with van der Waals surface area (Å²) in [7, 11) is -7.11. The average molecular weight is 484 g/mol. The summed E-state index contributed by atoms with van der Waals surface area (Å²) in [5.74, 6) is 0.255. The number of amides is 1. The summed E-state index contributed by atoms with van der Waals surface area (Å²) >= 11 is 2.99. The molecule has 1 aliphatic rings. The van der Waals surface area contributed by atoms with E-state index in [1.807, 2.05) is 13.2 Å². The number of aryl methyl sites for hydroxylation is 2. The van der Waals surface area contributed by atoms with Gasteiger partial charge in [0.25, 0.3) is 0 Å². The van der Waals surface area contributed by atoms with Crippen molar-refractivity contribution in [2.45, 2.75) is 38.1 Å². The molecule has 1 fully saturated rings. The van der Waals surface area contributed by atoms with Gasteiger partial charge in [0, 0.05) is 35.9 Å². The van der Waals surface area contributed by atoms with Crippen molar-refractivity contribution < 1.29 is 21.6 Å². The zero-order valence-electron chi connectivity index (χ0n) is 17.2. The summed E-state index contributed by atoms with van der Waals surface area (Å²) in [6, 6.07) is 0.863. The first-order valence-electron chi connectivity index (χ1n) is 9.36. The first-order chi connectivity index (χ1) is 13.5. The van der Waals surface area contributed by atoms with Crippen LogP contribution in [0.2, 0.25) is 0 Å². The highest BCUT2D eigenvalue weighted by atomic mass is 32.2. The van der Waals surface area contributed by atoms with Crippen LogP contribution in [0.25, 0.3) is 0 Å². The van der Waals surface area contributed by atoms with Gasteiger partial charge in [0.1, 0.15) is 6.04 Å². The van der Waals surface area contributed by atoms with Crippen LogP contribution in [-0.2, 0) is 24.8 Å². The molecule has 12 heteroatoms. The number of nitrogens with one attached hydrogen (secondary N) is 1. The topological polar surface area (TPSA) is 104 Å². The van der Waals surface area contributed by atoms with Gasteiger partial charge in [-0.15, -0.1) is 11.3 Å². The SMILES string of the molecule is CCS(=O)(=O)NC(CCSC)C(=O)N1CCN(S(=O)(=O)c2cc(C)sc2C)CC1. The molecule has 1 aromatic rings. The number of thiophene rings is 1. The Morgan fingerprint density at radius 1 is 1.21 bits per heavy atom. The average Bonchev–Trinajstić information content (AvgIpc) is 3.03. The van der Waals surface area contributed by atoms with E-state index in [0.717, 1.165) is 9.75 Å². The largest absolute Gasteiger partial charge is 0.339 e. The fourth-order valence-corrected chi connectivity index (χ4v) is 7.38. The third-order valence-electron chi connectivity index (χ3n) is 4.77. The number of sulfonamides is 2. The zero-order chi connectivity index (χ0) is 21.8. The van der Waals surface area contributed by atoms with Gasteiger partial charge in [0.15, 0.2) is 0 Å². The van der Waals surface area contributed by atoms with E-state index < -0.39 is 26.1 Å². The van der Waals surface area contributed by atoms with Crippen molar-refractivity contribution in [3.63, 3.8) is 0 Å². The van der Waals surface area contributed by atoms with E-state index in [2.05, 4.69) is 4.72 Å². The number of carbonyl (C=O) groups excluding carboxylic acids is 1. The standard InChI is InChI=1S/C17H29N3O5S4/c1-5-28(22,23)18-15(6-11-26-4)17(21)19-7-9-20(10-8-19)29(24,25)16-12-13(2)27-14(16)3/h12,15,18H,5-11H2,1-4H3. The minimum atomic E-state index is -3.60. The molecule has 1 atom stereocenters. The summed E-state index contributed by atoms with van der Waals surface area (Å²) < 4.78 is 53.7. The normalized spacial score (nSPS) is 17.4. The van der Waals surface area contributed by atoms with E-state index in [-0.39, 0.29) is 37.8 Å². The Balaban J connectivity index is 2.07. The molecule has 0 spiro atoms. The molecule has 2 heterocycles. The molecule has 0 radical (unpaired) electrons. The second-order valence-electron chi connectivity index (χ2n) is 6.86. The maximum Gasteiger partial charge on any atom is 0.244 e. The van der Waals surface area contributed by atoms with Crippen LogP contribution < -0.4 is 4.72 Å². The Morgan fingerprint density at radius 3 is 2.31 bits per heavy atom. The van der Waals surface area contributed by atoms with Crippen LogP contribution in [0, 0.1) is 13.8 Å². The molecule has 1 aliphatic heterocycles. The second-order valence-corrected chi connectivity index (χ2v) is 13.3. The highest BCUT2D eigenvalue weighted by molar-refractivity contribution is 7.98. The lowest BCUT2D eigenvalue weighted by Gasteiger charge is -2.35. The summed E-state index contributed by atoms with van der Waals surface area (Å²) in [6.45, 7) is 6.06. The molecule has 1 aromatic heterocycles. The van der Waals surface area contributed by atoms with Gasteiger partial charge in [-0.3, -0.25) is 4.79 Å². The minimum absolute atomic E-state index is 0.0958. The van der Waals surface area contributed by atoms with Crippen LogP contribution in [0.15, 0.2) is 11.0 Å². The number of carbonyl (C=O) groups is 1. The molecule has 2 rings (SSSR count). The quantitative estimate of drug-likeness (QED) is 0.567. The van der Waals surface area contributed by atoms with Crippen molar-refractivity contribution in [2.75, 3.05) is 43.9 Å². The third-order valence-corrected chi connectivity index (χ3v) is 9.94. The molecule has 1 N–H and O–H groups in total. The van der Waals surface area contributed by atoms with Gasteiger partial charge in [-0.1, -0.05) is 0 Å². The molecule has 29 heavy (non-hydrogen) atoms. The van der Waals surface area contributed by atoms with Gasteiger partial charge in [0.2, 0.25) is 26.0 Å². The molecule has 166 valence electrons. The smallest absolute Gasteiger partial charge is 0.244 e. The van der Waals surface area contributed by atoms with E-state index >= 15 is 0 Å². The van der Waals surface area contributed by atoms with Gasteiger partial charge in [-0.25, -0.2) is 21.6 Å². The third kappa shape index (κ3) is 6.17. The predicted octanol–water partition coefficient (Wildman–Crippen LogP) is 1.26. The minimum Gasteiger partial charge on any atom is -0.339 e. The van der Waals surface area contributed by atoms with Gasteiger partial charge >= 0.3 is 0 Å². The van der Waals surface area contributed by atoms with Crippen LogP contribution in [0.4, 0.5) is 0 Å². The first-order valence-corrected chi connectivity index (χ1v) is 14.7. The molecule has 8 nitrogen and oxygen atoms in total. The zero-order valence-corrected chi connectivity index (χ0v) is 20.4. The second kappa shape index (κ2) is 10.1.